The number of carbonyl (C=O) groups is 1. The number of nitro groups is 1. The molecule has 2 saturated heterocycles. The Morgan fingerprint density at radius 1 is 1.15 bits per heavy atom. The molecule has 0 aromatic carbocycles. The van der Waals surface area contributed by atoms with Crippen molar-refractivity contribution in [1.29, 1.82) is 0 Å². The number of likely N-dealkylation sites (tertiary alicyclic amines) is 1. The minimum Gasteiger partial charge on any atom is -0.444 e. The quantitative estimate of drug-likeness (QED) is 0.579. The summed E-state index contributed by atoms with van der Waals surface area (Å²) in [6, 6.07) is 3.23. The van der Waals surface area contributed by atoms with Crippen molar-refractivity contribution in [2.45, 2.75) is 52.1 Å². The first-order valence-corrected chi connectivity index (χ1v) is 9.51. The number of amides is 1. The number of nitrogens with zero attached hydrogens (tertiary/aromatic N) is 4. The molecule has 8 nitrogen and oxygen atoms in total. The fourth-order valence-electron chi connectivity index (χ4n) is 3.87. The van der Waals surface area contributed by atoms with Crippen LogP contribution in [0.25, 0.3) is 0 Å². The Labute approximate surface area is 159 Å². The van der Waals surface area contributed by atoms with Gasteiger partial charge in [-0.1, -0.05) is 0 Å². The van der Waals surface area contributed by atoms with E-state index in [9.17, 15) is 14.9 Å². The van der Waals surface area contributed by atoms with Gasteiger partial charge in [-0.2, -0.15) is 0 Å². The lowest BCUT2D eigenvalue weighted by Crippen LogP contribution is -2.49. The molecule has 0 unspecified atom stereocenters. The van der Waals surface area contributed by atoms with Crippen molar-refractivity contribution in [3.8, 4) is 0 Å². The van der Waals surface area contributed by atoms with Crippen LogP contribution in [0, 0.1) is 15.5 Å². The third kappa shape index (κ3) is 4.67. The lowest BCUT2D eigenvalue weighted by Gasteiger charge is -2.47. The predicted octanol–water partition coefficient (Wildman–Crippen LogP) is 3.61. The second-order valence-corrected chi connectivity index (χ2v) is 8.59. The zero-order valence-corrected chi connectivity index (χ0v) is 16.3. The maximum absolute atomic E-state index is 12.2. The lowest BCUT2D eigenvalue weighted by atomic mass is 9.71. The highest BCUT2D eigenvalue weighted by molar-refractivity contribution is 5.68. The van der Waals surface area contributed by atoms with Crippen molar-refractivity contribution in [2.75, 3.05) is 31.1 Å². The number of pyridine rings is 1. The minimum absolute atomic E-state index is 0.0155. The number of carbonyl (C=O) groups excluding carboxylic acids is 1. The molecule has 2 aliphatic rings. The fraction of sp³-hybridized carbons (Fsp3) is 0.684. The van der Waals surface area contributed by atoms with Gasteiger partial charge in [-0.15, -0.1) is 0 Å². The van der Waals surface area contributed by atoms with Crippen LogP contribution in [0.1, 0.15) is 46.5 Å². The lowest BCUT2D eigenvalue weighted by molar-refractivity contribution is -0.385. The SMILES string of the molecule is CC(C)(C)OC(=O)N1CCC2(CC1)CCN(c1ccc([N+](=O)[O-])cn1)CC2. The first-order chi connectivity index (χ1) is 12.7. The first kappa shape index (κ1) is 19.4. The van der Waals surface area contributed by atoms with E-state index in [0.717, 1.165) is 57.7 Å². The Hall–Kier alpha value is -2.38. The van der Waals surface area contributed by atoms with Gasteiger partial charge in [0, 0.05) is 32.2 Å². The van der Waals surface area contributed by atoms with Crippen molar-refractivity contribution in [2.24, 2.45) is 5.41 Å². The summed E-state index contributed by atoms with van der Waals surface area (Å²) in [5.74, 6) is 0.793. The highest BCUT2D eigenvalue weighted by Crippen LogP contribution is 2.42. The molecule has 0 bridgehead atoms. The third-order valence-electron chi connectivity index (χ3n) is 5.57. The molecule has 0 atom stereocenters. The molecule has 1 aromatic rings. The van der Waals surface area contributed by atoms with Gasteiger partial charge in [-0.3, -0.25) is 10.1 Å². The van der Waals surface area contributed by atoms with Crippen LogP contribution in [-0.2, 0) is 4.74 Å². The molecule has 0 radical (unpaired) electrons. The molecule has 2 aliphatic heterocycles. The molecule has 2 fully saturated rings. The summed E-state index contributed by atoms with van der Waals surface area (Å²) in [4.78, 5) is 30.8. The summed E-state index contributed by atoms with van der Waals surface area (Å²) in [6.45, 7) is 8.92. The number of anilines is 1. The number of piperidine rings is 2. The second-order valence-electron chi connectivity index (χ2n) is 8.59. The standard InChI is InChI=1S/C19H28N4O4/c1-18(2,3)27-17(24)22-12-8-19(9-13-22)6-10-21(11-7-19)16-5-4-15(14-20-16)23(25)26/h4-5,14H,6-13H2,1-3H3. The molecule has 27 heavy (non-hydrogen) atoms. The summed E-state index contributed by atoms with van der Waals surface area (Å²) in [5.41, 5.74) is -0.174. The van der Waals surface area contributed by atoms with Crippen molar-refractivity contribution in [3.05, 3.63) is 28.4 Å². The molecule has 3 heterocycles. The Morgan fingerprint density at radius 2 is 1.74 bits per heavy atom. The monoisotopic (exact) mass is 376 g/mol. The van der Waals surface area contributed by atoms with E-state index in [4.69, 9.17) is 4.74 Å². The summed E-state index contributed by atoms with van der Waals surface area (Å²) < 4.78 is 5.48. The van der Waals surface area contributed by atoms with Gasteiger partial charge in [-0.25, -0.2) is 9.78 Å². The Kier molecular flexibility index (Phi) is 5.26. The van der Waals surface area contributed by atoms with Gasteiger partial charge < -0.3 is 14.5 Å². The number of rotatable bonds is 2. The van der Waals surface area contributed by atoms with Crippen LogP contribution < -0.4 is 4.90 Å². The van der Waals surface area contributed by atoms with Crippen molar-refractivity contribution < 1.29 is 14.5 Å². The van der Waals surface area contributed by atoms with Gasteiger partial charge in [-0.05, 0) is 57.9 Å². The van der Waals surface area contributed by atoms with E-state index in [1.807, 2.05) is 25.7 Å². The smallest absolute Gasteiger partial charge is 0.410 e. The Balaban J connectivity index is 1.52. The van der Waals surface area contributed by atoms with E-state index in [2.05, 4.69) is 9.88 Å². The van der Waals surface area contributed by atoms with Gasteiger partial charge in [0.25, 0.3) is 5.69 Å². The summed E-state index contributed by atoms with van der Waals surface area (Å²) in [7, 11) is 0. The van der Waals surface area contributed by atoms with E-state index in [0.29, 0.717) is 0 Å². The van der Waals surface area contributed by atoms with E-state index in [-0.39, 0.29) is 17.2 Å². The molecule has 148 valence electrons. The fourth-order valence-corrected chi connectivity index (χ4v) is 3.87. The van der Waals surface area contributed by atoms with Crippen LogP contribution in [0.5, 0.6) is 0 Å². The van der Waals surface area contributed by atoms with E-state index in [1.54, 1.807) is 6.07 Å². The summed E-state index contributed by atoms with van der Waals surface area (Å²) >= 11 is 0. The van der Waals surface area contributed by atoms with E-state index < -0.39 is 10.5 Å². The number of hydrogen-bond donors (Lipinski definition) is 0. The Morgan fingerprint density at radius 3 is 2.22 bits per heavy atom. The van der Waals surface area contributed by atoms with E-state index >= 15 is 0 Å². The normalized spacial score (nSPS) is 19.8. The molecule has 3 rings (SSSR count). The third-order valence-corrected chi connectivity index (χ3v) is 5.57. The van der Waals surface area contributed by atoms with Crippen LogP contribution in [0.4, 0.5) is 16.3 Å². The average Bonchev–Trinajstić information content (AvgIpc) is 2.62. The maximum Gasteiger partial charge on any atom is 0.410 e. The second kappa shape index (κ2) is 7.32. The molecule has 8 heteroatoms. The maximum atomic E-state index is 12.2. The summed E-state index contributed by atoms with van der Waals surface area (Å²) in [6.07, 6.45) is 5.19. The minimum atomic E-state index is -0.463. The number of aromatic nitrogens is 1. The van der Waals surface area contributed by atoms with Crippen molar-refractivity contribution >= 4 is 17.6 Å². The Bertz CT molecular complexity index is 681. The molecule has 0 saturated carbocycles. The highest BCUT2D eigenvalue weighted by atomic mass is 16.6. The molecular weight excluding hydrogens is 348 g/mol. The van der Waals surface area contributed by atoms with Crippen molar-refractivity contribution in [3.63, 3.8) is 0 Å². The van der Waals surface area contributed by atoms with Crippen LogP contribution in [-0.4, -0.2) is 52.7 Å². The van der Waals surface area contributed by atoms with Crippen LogP contribution in [0.2, 0.25) is 0 Å². The molecule has 0 aliphatic carbocycles. The molecular formula is C19H28N4O4. The van der Waals surface area contributed by atoms with Gasteiger partial charge >= 0.3 is 6.09 Å². The number of ether oxygens (including phenoxy) is 1. The van der Waals surface area contributed by atoms with Gasteiger partial charge in [0.2, 0.25) is 0 Å². The van der Waals surface area contributed by atoms with Gasteiger partial charge in [0.05, 0.1) is 4.92 Å². The van der Waals surface area contributed by atoms with Gasteiger partial charge in [0.15, 0.2) is 0 Å². The highest BCUT2D eigenvalue weighted by Gasteiger charge is 2.39. The average molecular weight is 376 g/mol. The van der Waals surface area contributed by atoms with Crippen LogP contribution in [0.15, 0.2) is 18.3 Å². The predicted molar refractivity (Wildman–Crippen MR) is 102 cm³/mol. The van der Waals surface area contributed by atoms with Gasteiger partial charge in [0.1, 0.15) is 17.6 Å². The first-order valence-electron chi connectivity index (χ1n) is 9.51. The zero-order chi connectivity index (χ0) is 19.7. The molecule has 0 N–H and O–H groups in total. The molecule has 1 spiro atoms. The zero-order valence-electron chi connectivity index (χ0n) is 16.3. The topological polar surface area (TPSA) is 88.8 Å². The molecule has 1 amide bonds. The molecule has 1 aromatic heterocycles. The summed E-state index contributed by atoms with van der Waals surface area (Å²) in [5, 5.41) is 10.8. The van der Waals surface area contributed by atoms with Crippen LogP contribution in [0.3, 0.4) is 0 Å². The largest absolute Gasteiger partial charge is 0.444 e. The van der Waals surface area contributed by atoms with E-state index in [1.165, 1.54) is 12.3 Å². The van der Waals surface area contributed by atoms with Crippen molar-refractivity contribution in [1.82, 2.24) is 9.88 Å². The number of hydrogen-bond acceptors (Lipinski definition) is 6. The van der Waals surface area contributed by atoms with Crippen LogP contribution >= 0.6 is 0 Å².